The van der Waals surface area contributed by atoms with Gasteiger partial charge in [0.05, 0.1) is 23.3 Å². The average molecular weight is 431 g/mol. The molecule has 0 bridgehead atoms. The highest BCUT2D eigenvalue weighted by atomic mass is 16.2. The molecule has 0 unspecified atom stereocenters. The molecule has 8 nitrogen and oxygen atoms in total. The Labute approximate surface area is 186 Å². The van der Waals surface area contributed by atoms with Crippen LogP contribution in [0.2, 0.25) is 0 Å². The molecule has 2 aromatic heterocycles. The number of pyridine rings is 1. The van der Waals surface area contributed by atoms with E-state index in [1.165, 1.54) is 12.8 Å². The fourth-order valence-electron chi connectivity index (χ4n) is 5.37. The lowest BCUT2D eigenvalue weighted by molar-refractivity contribution is -0.122. The SMILES string of the molecule is O=C(c1cnc2c(c1)ncn2C1CCCC1)N1CCC2(CC1)Nc1ccccc1NC2=O. The average Bonchev–Trinajstić information content (AvgIpc) is 3.49. The van der Waals surface area contributed by atoms with Crippen molar-refractivity contribution in [3.63, 3.8) is 0 Å². The molecule has 2 fully saturated rings. The number of hydrogen-bond acceptors (Lipinski definition) is 5. The van der Waals surface area contributed by atoms with Gasteiger partial charge >= 0.3 is 0 Å². The number of likely N-dealkylation sites (tertiary alicyclic amines) is 1. The summed E-state index contributed by atoms with van der Waals surface area (Å²) in [5.74, 6) is -0.0786. The molecule has 8 heteroatoms. The topological polar surface area (TPSA) is 92.2 Å². The number of piperidine rings is 1. The van der Waals surface area contributed by atoms with Gasteiger partial charge in [-0.1, -0.05) is 25.0 Å². The third-order valence-electron chi connectivity index (χ3n) is 7.27. The van der Waals surface area contributed by atoms with E-state index in [4.69, 9.17) is 0 Å². The number of para-hydroxylation sites is 2. The van der Waals surface area contributed by atoms with Crippen LogP contribution in [-0.4, -0.2) is 49.9 Å². The fourth-order valence-corrected chi connectivity index (χ4v) is 5.37. The summed E-state index contributed by atoms with van der Waals surface area (Å²) in [7, 11) is 0. The van der Waals surface area contributed by atoms with Gasteiger partial charge in [-0.05, 0) is 43.9 Å². The van der Waals surface area contributed by atoms with E-state index >= 15 is 0 Å². The number of carbonyl (C=O) groups is 2. The van der Waals surface area contributed by atoms with Crippen molar-refractivity contribution in [1.82, 2.24) is 19.4 Å². The smallest absolute Gasteiger partial charge is 0.255 e. The van der Waals surface area contributed by atoms with E-state index in [1.807, 2.05) is 41.6 Å². The molecule has 1 saturated carbocycles. The third-order valence-corrected chi connectivity index (χ3v) is 7.27. The quantitative estimate of drug-likeness (QED) is 0.648. The van der Waals surface area contributed by atoms with Crippen LogP contribution in [0.5, 0.6) is 0 Å². The van der Waals surface area contributed by atoms with Gasteiger partial charge in [0, 0.05) is 25.3 Å². The number of aromatic nitrogens is 3. The van der Waals surface area contributed by atoms with Crippen molar-refractivity contribution < 1.29 is 9.59 Å². The molecule has 6 rings (SSSR count). The number of anilines is 2. The number of nitrogens with zero attached hydrogens (tertiary/aromatic N) is 4. The first-order valence-electron chi connectivity index (χ1n) is 11.4. The zero-order valence-corrected chi connectivity index (χ0v) is 17.9. The maximum Gasteiger partial charge on any atom is 0.255 e. The Morgan fingerprint density at radius 1 is 1.06 bits per heavy atom. The third kappa shape index (κ3) is 3.04. The van der Waals surface area contributed by atoms with Gasteiger partial charge in [-0.25, -0.2) is 9.97 Å². The number of hydrogen-bond donors (Lipinski definition) is 2. The van der Waals surface area contributed by atoms with E-state index in [2.05, 4.69) is 25.2 Å². The molecule has 1 aromatic carbocycles. The minimum absolute atomic E-state index is 0.0242. The number of rotatable bonds is 2. The van der Waals surface area contributed by atoms with E-state index in [9.17, 15) is 9.59 Å². The van der Waals surface area contributed by atoms with Gasteiger partial charge in [-0.2, -0.15) is 0 Å². The Bertz CT molecular complexity index is 1200. The molecular formula is C24H26N6O2. The standard InChI is InChI=1S/C24H26N6O2/c31-22(16-13-20-21(25-14-16)30(15-26-20)17-5-1-2-6-17)29-11-9-24(10-12-29)23(32)27-18-7-3-4-8-19(18)28-24/h3-4,7-8,13-15,17,28H,1-2,5-6,9-12H2,(H,27,32). The molecule has 32 heavy (non-hydrogen) atoms. The van der Waals surface area contributed by atoms with Gasteiger partial charge < -0.3 is 20.1 Å². The molecule has 3 aromatic rings. The summed E-state index contributed by atoms with van der Waals surface area (Å²) in [6.07, 6.45) is 9.47. The van der Waals surface area contributed by atoms with Crippen LogP contribution in [0.4, 0.5) is 11.4 Å². The van der Waals surface area contributed by atoms with Crippen molar-refractivity contribution in [3.8, 4) is 0 Å². The molecule has 0 radical (unpaired) electrons. The fraction of sp³-hybridized carbons (Fsp3) is 0.417. The lowest BCUT2D eigenvalue weighted by Gasteiger charge is -2.44. The van der Waals surface area contributed by atoms with E-state index in [0.29, 0.717) is 37.5 Å². The summed E-state index contributed by atoms with van der Waals surface area (Å²) < 4.78 is 2.16. The second-order valence-corrected chi connectivity index (χ2v) is 9.16. The predicted octanol–water partition coefficient (Wildman–Crippen LogP) is 3.59. The molecule has 2 aliphatic heterocycles. The first kappa shape index (κ1) is 19.3. The van der Waals surface area contributed by atoms with E-state index in [1.54, 1.807) is 6.20 Å². The summed E-state index contributed by atoms with van der Waals surface area (Å²) in [6, 6.07) is 10.0. The van der Waals surface area contributed by atoms with Crippen molar-refractivity contribution in [3.05, 3.63) is 48.4 Å². The van der Waals surface area contributed by atoms with Crippen molar-refractivity contribution in [2.24, 2.45) is 0 Å². The number of imidazole rings is 1. The molecule has 2 amide bonds. The highest BCUT2D eigenvalue weighted by molar-refractivity contribution is 6.06. The number of carbonyl (C=O) groups excluding carboxylic acids is 2. The minimum Gasteiger partial charge on any atom is -0.369 e. The molecule has 1 saturated heterocycles. The van der Waals surface area contributed by atoms with Crippen LogP contribution >= 0.6 is 0 Å². The van der Waals surface area contributed by atoms with Crippen molar-refractivity contribution in [2.75, 3.05) is 23.7 Å². The van der Waals surface area contributed by atoms with Gasteiger partial charge in [0.15, 0.2) is 5.65 Å². The Morgan fingerprint density at radius 3 is 2.59 bits per heavy atom. The van der Waals surface area contributed by atoms with Crippen LogP contribution in [0, 0.1) is 0 Å². The monoisotopic (exact) mass is 430 g/mol. The van der Waals surface area contributed by atoms with Crippen molar-refractivity contribution in [2.45, 2.75) is 50.1 Å². The normalized spacial score (nSPS) is 20.2. The molecule has 4 heterocycles. The zero-order valence-electron chi connectivity index (χ0n) is 17.9. The van der Waals surface area contributed by atoms with Gasteiger partial charge in [-0.15, -0.1) is 0 Å². The van der Waals surface area contributed by atoms with Crippen molar-refractivity contribution in [1.29, 1.82) is 0 Å². The van der Waals surface area contributed by atoms with Gasteiger partial charge in [0.1, 0.15) is 11.1 Å². The Hall–Kier alpha value is -3.42. The van der Waals surface area contributed by atoms with Crippen LogP contribution in [0.25, 0.3) is 11.2 Å². The summed E-state index contributed by atoms with van der Waals surface area (Å²) in [5, 5.41) is 6.46. The van der Waals surface area contributed by atoms with Crippen molar-refractivity contribution >= 4 is 34.4 Å². The summed E-state index contributed by atoms with van der Waals surface area (Å²) >= 11 is 0. The highest BCUT2D eigenvalue weighted by Crippen LogP contribution is 2.36. The van der Waals surface area contributed by atoms with Gasteiger partial charge in [-0.3, -0.25) is 9.59 Å². The second-order valence-electron chi connectivity index (χ2n) is 9.16. The first-order valence-corrected chi connectivity index (χ1v) is 11.4. The lowest BCUT2D eigenvalue weighted by atomic mass is 9.84. The molecular weight excluding hydrogens is 404 g/mol. The first-order chi connectivity index (χ1) is 15.6. The van der Waals surface area contributed by atoms with E-state index in [0.717, 1.165) is 35.4 Å². The highest BCUT2D eigenvalue weighted by Gasteiger charge is 2.45. The zero-order chi connectivity index (χ0) is 21.7. The Balaban J connectivity index is 1.18. The van der Waals surface area contributed by atoms with Crippen LogP contribution in [0.15, 0.2) is 42.9 Å². The van der Waals surface area contributed by atoms with Crippen LogP contribution < -0.4 is 10.6 Å². The van der Waals surface area contributed by atoms with Crippen LogP contribution in [0.3, 0.4) is 0 Å². The Morgan fingerprint density at radius 2 is 1.81 bits per heavy atom. The number of benzene rings is 1. The lowest BCUT2D eigenvalue weighted by Crippen LogP contribution is -2.59. The van der Waals surface area contributed by atoms with Crippen LogP contribution in [0.1, 0.15) is 54.9 Å². The number of fused-ring (bicyclic) bond motifs is 2. The second kappa shape index (κ2) is 7.32. The number of nitrogens with one attached hydrogen (secondary N) is 2. The molecule has 2 N–H and O–H groups in total. The van der Waals surface area contributed by atoms with Crippen LogP contribution in [-0.2, 0) is 4.79 Å². The largest absolute Gasteiger partial charge is 0.369 e. The maximum atomic E-state index is 13.2. The molecule has 164 valence electrons. The van der Waals surface area contributed by atoms with Gasteiger partial charge in [0.2, 0.25) is 5.91 Å². The van der Waals surface area contributed by atoms with Gasteiger partial charge in [0.25, 0.3) is 5.91 Å². The maximum absolute atomic E-state index is 13.2. The summed E-state index contributed by atoms with van der Waals surface area (Å²) in [4.78, 5) is 37.0. The molecule has 0 atom stereocenters. The van der Waals surface area contributed by atoms with E-state index < -0.39 is 5.54 Å². The minimum atomic E-state index is -0.673. The number of amides is 2. The van der Waals surface area contributed by atoms with E-state index in [-0.39, 0.29) is 11.8 Å². The predicted molar refractivity (Wildman–Crippen MR) is 122 cm³/mol. The summed E-state index contributed by atoms with van der Waals surface area (Å²) in [5.41, 5.74) is 3.23. The summed E-state index contributed by atoms with van der Waals surface area (Å²) in [6.45, 7) is 1.02. The molecule has 3 aliphatic rings. The Kier molecular flexibility index (Phi) is 4.41. The molecule has 1 spiro atoms. The molecule has 1 aliphatic carbocycles.